The summed E-state index contributed by atoms with van der Waals surface area (Å²) in [5.41, 5.74) is 1.36. The first-order chi connectivity index (χ1) is 15.1. The lowest BCUT2D eigenvalue weighted by atomic mass is 10.2. The van der Waals surface area contributed by atoms with Crippen molar-refractivity contribution in [1.82, 2.24) is 14.8 Å². The molecule has 3 aromatic rings. The molecule has 0 radical (unpaired) electrons. The molecule has 162 valence electrons. The van der Waals surface area contributed by atoms with E-state index in [1.807, 2.05) is 35.9 Å². The van der Waals surface area contributed by atoms with Gasteiger partial charge in [0.1, 0.15) is 11.6 Å². The van der Waals surface area contributed by atoms with Crippen molar-refractivity contribution in [3.05, 3.63) is 65.2 Å². The van der Waals surface area contributed by atoms with Crippen molar-refractivity contribution < 1.29 is 9.53 Å². The number of ether oxygens (including phenoxy) is 1. The van der Waals surface area contributed by atoms with Crippen LogP contribution in [0.3, 0.4) is 0 Å². The highest BCUT2D eigenvalue weighted by atomic mass is 35.5. The van der Waals surface area contributed by atoms with Gasteiger partial charge in [0.2, 0.25) is 0 Å². The minimum absolute atomic E-state index is 0.264. The van der Waals surface area contributed by atoms with Gasteiger partial charge in [-0.1, -0.05) is 24.1 Å². The van der Waals surface area contributed by atoms with Crippen molar-refractivity contribution in [1.29, 1.82) is 0 Å². The standard InChI is InChI=1S/C23H26ClN5O2/c1-2-31-20-12-10-19(11-13-20)28(23(30)25-18-8-6-7-17(24)15-18)16-21-26-22-9-4-3-5-14-29(22)27-21/h6-8,10-13,15H,2-5,9,14,16H2,1H3,(H,25,30). The molecule has 7 nitrogen and oxygen atoms in total. The quantitative estimate of drug-likeness (QED) is 0.566. The minimum Gasteiger partial charge on any atom is -0.494 e. The van der Waals surface area contributed by atoms with Gasteiger partial charge in [0.25, 0.3) is 0 Å². The summed E-state index contributed by atoms with van der Waals surface area (Å²) in [6.45, 7) is 3.66. The highest BCUT2D eigenvalue weighted by molar-refractivity contribution is 6.30. The van der Waals surface area contributed by atoms with Gasteiger partial charge in [0.05, 0.1) is 13.2 Å². The predicted molar refractivity (Wildman–Crippen MR) is 122 cm³/mol. The maximum atomic E-state index is 13.2. The summed E-state index contributed by atoms with van der Waals surface area (Å²) in [4.78, 5) is 19.6. The molecule has 31 heavy (non-hydrogen) atoms. The number of hydrogen-bond acceptors (Lipinski definition) is 4. The fourth-order valence-electron chi connectivity index (χ4n) is 3.65. The monoisotopic (exact) mass is 439 g/mol. The van der Waals surface area contributed by atoms with E-state index in [0.29, 0.717) is 23.1 Å². The molecule has 2 heterocycles. The molecular weight excluding hydrogens is 414 g/mol. The van der Waals surface area contributed by atoms with Crippen molar-refractivity contribution in [3.8, 4) is 5.75 Å². The van der Waals surface area contributed by atoms with E-state index in [2.05, 4.69) is 10.4 Å². The van der Waals surface area contributed by atoms with E-state index >= 15 is 0 Å². The normalized spacial score (nSPS) is 13.2. The maximum Gasteiger partial charge on any atom is 0.326 e. The second-order valence-electron chi connectivity index (χ2n) is 7.43. The number of anilines is 2. The van der Waals surface area contributed by atoms with Gasteiger partial charge < -0.3 is 10.1 Å². The Morgan fingerprint density at radius 1 is 1.19 bits per heavy atom. The van der Waals surface area contributed by atoms with E-state index < -0.39 is 0 Å². The van der Waals surface area contributed by atoms with Gasteiger partial charge in [-0.2, -0.15) is 5.10 Å². The summed E-state index contributed by atoms with van der Waals surface area (Å²) in [5, 5.41) is 8.15. The molecule has 1 aliphatic rings. The highest BCUT2D eigenvalue weighted by Crippen LogP contribution is 2.23. The molecular formula is C23H26ClN5O2. The van der Waals surface area contributed by atoms with E-state index in [0.717, 1.165) is 43.1 Å². The Labute approximate surface area is 187 Å². The molecule has 0 atom stereocenters. The fraction of sp³-hybridized carbons (Fsp3) is 0.348. The second-order valence-corrected chi connectivity index (χ2v) is 7.87. The Bertz CT molecular complexity index is 1010. The molecule has 0 bridgehead atoms. The number of hydrogen-bond donors (Lipinski definition) is 1. The Kier molecular flexibility index (Phi) is 6.72. The van der Waals surface area contributed by atoms with Gasteiger partial charge >= 0.3 is 6.03 Å². The first-order valence-electron chi connectivity index (χ1n) is 10.6. The summed E-state index contributed by atoms with van der Waals surface area (Å²) >= 11 is 6.07. The van der Waals surface area contributed by atoms with Gasteiger partial charge in [-0.15, -0.1) is 0 Å². The molecule has 0 spiro atoms. The fourth-order valence-corrected chi connectivity index (χ4v) is 3.84. The van der Waals surface area contributed by atoms with Crippen molar-refractivity contribution in [2.45, 2.75) is 45.7 Å². The molecule has 0 fully saturated rings. The van der Waals surface area contributed by atoms with Crippen molar-refractivity contribution in [2.75, 3.05) is 16.8 Å². The van der Waals surface area contributed by atoms with Crippen LogP contribution in [-0.4, -0.2) is 27.4 Å². The van der Waals surface area contributed by atoms with Gasteiger partial charge in [0.15, 0.2) is 5.82 Å². The number of aromatic nitrogens is 3. The van der Waals surface area contributed by atoms with Gasteiger partial charge in [0, 0.05) is 29.4 Å². The van der Waals surface area contributed by atoms with Crippen LogP contribution in [0.15, 0.2) is 48.5 Å². The van der Waals surface area contributed by atoms with Crippen LogP contribution < -0.4 is 15.0 Å². The molecule has 4 rings (SSSR count). The number of halogens is 1. The van der Waals surface area contributed by atoms with Crippen LogP contribution in [-0.2, 0) is 19.5 Å². The lowest BCUT2D eigenvalue weighted by Crippen LogP contribution is -2.35. The Morgan fingerprint density at radius 2 is 2.03 bits per heavy atom. The van der Waals surface area contributed by atoms with Gasteiger partial charge in [-0.05, 0) is 62.2 Å². The summed E-state index contributed by atoms with van der Waals surface area (Å²) < 4.78 is 7.51. The number of amides is 2. The predicted octanol–water partition coefficient (Wildman–Crippen LogP) is 5.30. The number of urea groups is 1. The number of nitrogens with one attached hydrogen (secondary N) is 1. The van der Waals surface area contributed by atoms with Crippen LogP contribution in [0.1, 0.15) is 37.8 Å². The lowest BCUT2D eigenvalue weighted by molar-refractivity contribution is 0.256. The molecule has 8 heteroatoms. The first-order valence-corrected chi connectivity index (χ1v) is 11.0. The number of nitrogens with zero attached hydrogens (tertiary/aromatic N) is 4. The number of benzene rings is 2. The molecule has 1 aromatic heterocycles. The minimum atomic E-state index is -0.281. The summed E-state index contributed by atoms with van der Waals surface area (Å²) in [6, 6.07) is 14.2. The third-order valence-corrected chi connectivity index (χ3v) is 5.38. The summed E-state index contributed by atoms with van der Waals surface area (Å²) in [5.74, 6) is 2.38. The van der Waals surface area contributed by atoms with E-state index in [1.165, 1.54) is 6.42 Å². The van der Waals surface area contributed by atoms with Crippen molar-refractivity contribution in [3.63, 3.8) is 0 Å². The molecule has 2 amide bonds. The van der Waals surface area contributed by atoms with Crippen LogP contribution in [0.2, 0.25) is 5.02 Å². The van der Waals surface area contributed by atoms with Gasteiger partial charge in [-0.3, -0.25) is 4.90 Å². The van der Waals surface area contributed by atoms with Crippen LogP contribution in [0.4, 0.5) is 16.2 Å². The third-order valence-electron chi connectivity index (χ3n) is 5.14. The number of rotatable bonds is 6. The van der Waals surface area contributed by atoms with Crippen LogP contribution >= 0.6 is 11.6 Å². The van der Waals surface area contributed by atoms with E-state index in [-0.39, 0.29) is 12.6 Å². The zero-order valence-electron chi connectivity index (χ0n) is 17.6. The second kappa shape index (κ2) is 9.83. The smallest absolute Gasteiger partial charge is 0.326 e. The Morgan fingerprint density at radius 3 is 2.81 bits per heavy atom. The van der Waals surface area contributed by atoms with Crippen LogP contribution in [0.5, 0.6) is 5.75 Å². The molecule has 0 unspecified atom stereocenters. The number of carbonyl (C=O) groups excluding carboxylic acids is 1. The molecule has 1 aliphatic heterocycles. The Balaban J connectivity index is 1.59. The number of carbonyl (C=O) groups is 1. The molecule has 0 saturated carbocycles. The largest absolute Gasteiger partial charge is 0.494 e. The van der Waals surface area contributed by atoms with E-state index in [4.69, 9.17) is 21.3 Å². The number of fused-ring (bicyclic) bond motifs is 1. The first kappa shape index (κ1) is 21.2. The molecule has 2 aromatic carbocycles. The molecule has 0 aliphatic carbocycles. The van der Waals surface area contributed by atoms with Crippen molar-refractivity contribution in [2.24, 2.45) is 0 Å². The molecule has 1 N–H and O–H groups in total. The average Bonchev–Trinajstić information content (AvgIpc) is 3.01. The average molecular weight is 440 g/mol. The van der Waals surface area contributed by atoms with Crippen LogP contribution in [0, 0.1) is 0 Å². The topological polar surface area (TPSA) is 72.3 Å². The summed E-state index contributed by atoms with van der Waals surface area (Å²) in [7, 11) is 0. The van der Waals surface area contributed by atoms with E-state index in [1.54, 1.807) is 29.2 Å². The maximum absolute atomic E-state index is 13.2. The van der Waals surface area contributed by atoms with Gasteiger partial charge in [-0.25, -0.2) is 14.5 Å². The van der Waals surface area contributed by atoms with Crippen molar-refractivity contribution >= 4 is 29.0 Å². The van der Waals surface area contributed by atoms with E-state index in [9.17, 15) is 4.79 Å². The zero-order valence-corrected chi connectivity index (χ0v) is 18.3. The zero-order chi connectivity index (χ0) is 21.6. The number of aryl methyl sites for hydroxylation is 2. The van der Waals surface area contributed by atoms with Crippen LogP contribution in [0.25, 0.3) is 0 Å². The SMILES string of the molecule is CCOc1ccc(N(Cc2nc3n(n2)CCCCC3)C(=O)Nc2cccc(Cl)c2)cc1. The molecule has 0 saturated heterocycles. The lowest BCUT2D eigenvalue weighted by Gasteiger charge is -2.22. The highest BCUT2D eigenvalue weighted by Gasteiger charge is 2.21. The third kappa shape index (κ3) is 5.35. The Hall–Kier alpha value is -3.06. The summed E-state index contributed by atoms with van der Waals surface area (Å²) in [6.07, 6.45) is 4.34.